The lowest BCUT2D eigenvalue weighted by atomic mass is 10.1. The highest BCUT2D eigenvalue weighted by atomic mass is 16.2. The fourth-order valence-corrected chi connectivity index (χ4v) is 4.32. The molecule has 2 aromatic carbocycles. The van der Waals surface area contributed by atoms with Crippen molar-refractivity contribution >= 4 is 23.2 Å². The van der Waals surface area contributed by atoms with Gasteiger partial charge in [0.05, 0.1) is 17.8 Å². The maximum absolute atomic E-state index is 12.7. The zero-order valence-corrected chi connectivity index (χ0v) is 17.3. The van der Waals surface area contributed by atoms with E-state index in [4.69, 9.17) is 0 Å². The molecule has 2 aromatic rings. The monoisotopic (exact) mass is 406 g/mol. The van der Waals surface area contributed by atoms with Crippen molar-refractivity contribution in [2.24, 2.45) is 0 Å². The number of piperazine rings is 1. The third kappa shape index (κ3) is 5.19. The molecule has 2 aliphatic rings. The molecular weight excluding hydrogens is 376 g/mol. The number of carbonyl (C=O) groups is 2. The maximum Gasteiger partial charge on any atom is 0.253 e. The summed E-state index contributed by atoms with van der Waals surface area (Å²) < 4.78 is 0. The van der Waals surface area contributed by atoms with Gasteiger partial charge in [0.25, 0.3) is 5.91 Å². The molecule has 0 unspecified atom stereocenters. The molecule has 2 fully saturated rings. The Balaban J connectivity index is 1.30. The molecule has 1 heterocycles. The van der Waals surface area contributed by atoms with Gasteiger partial charge in [0.1, 0.15) is 0 Å². The lowest BCUT2D eigenvalue weighted by Gasteiger charge is -2.35. The summed E-state index contributed by atoms with van der Waals surface area (Å²) in [6, 6.07) is 17.9. The third-order valence-corrected chi connectivity index (χ3v) is 6.00. The molecule has 0 spiro atoms. The van der Waals surface area contributed by atoms with E-state index in [1.807, 2.05) is 18.2 Å². The van der Waals surface area contributed by atoms with Crippen molar-refractivity contribution < 1.29 is 9.59 Å². The highest BCUT2D eigenvalue weighted by Gasteiger charge is 2.22. The smallest absolute Gasteiger partial charge is 0.253 e. The number of hydrogen-bond acceptors (Lipinski definition) is 4. The average molecular weight is 407 g/mol. The van der Waals surface area contributed by atoms with Crippen LogP contribution in [0.3, 0.4) is 0 Å². The second-order valence-electron chi connectivity index (χ2n) is 8.15. The van der Waals surface area contributed by atoms with E-state index >= 15 is 0 Å². The Morgan fingerprint density at radius 3 is 2.27 bits per heavy atom. The summed E-state index contributed by atoms with van der Waals surface area (Å²) in [5.41, 5.74) is 2.34. The van der Waals surface area contributed by atoms with Crippen LogP contribution in [0.15, 0.2) is 54.6 Å². The van der Waals surface area contributed by atoms with Gasteiger partial charge in [-0.25, -0.2) is 0 Å². The summed E-state index contributed by atoms with van der Waals surface area (Å²) in [5, 5.41) is 6.06. The number of rotatable bonds is 6. The second-order valence-corrected chi connectivity index (χ2v) is 8.15. The molecule has 0 atom stereocenters. The van der Waals surface area contributed by atoms with Crippen LogP contribution in [0.25, 0.3) is 0 Å². The van der Waals surface area contributed by atoms with Crippen LogP contribution in [-0.4, -0.2) is 55.5 Å². The Morgan fingerprint density at radius 2 is 1.53 bits per heavy atom. The molecule has 6 heteroatoms. The first kappa shape index (κ1) is 20.4. The number of benzene rings is 2. The van der Waals surface area contributed by atoms with Crippen LogP contribution in [0, 0.1) is 0 Å². The number of anilines is 2. The zero-order chi connectivity index (χ0) is 20.8. The summed E-state index contributed by atoms with van der Waals surface area (Å²) in [7, 11) is 0. The lowest BCUT2D eigenvalue weighted by molar-refractivity contribution is -0.117. The van der Waals surface area contributed by atoms with Gasteiger partial charge in [0, 0.05) is 37.9 Å². The standard InChI is InChI=1S/C24H30N4O2/c29-23(18-27-14-16-28(17-15-27)20-10-2-1-3-11-20)26-22-13-7-6-12-21(22)24(30)25-19-8-4-5-9-19/h1-3,6-7,10-13,19H,4-5,8-9,14-18H2,(H,25,30)(H,26,29). The Hall–Kier alpha value is -2.86. The number of hydrogen-bond donors (Lipinski definition) is 2. The number of amides is 2. The van der Waals surface area contributed by atoms with Gasteiger partial charge in [0.15, 0.2) is 0 Å². The number of nitrogens with zero attached hydrogens (tertiary/aromatic N) is 2. The molecule has 0 aromatic heterocycles. The fraction of sp³-hybridized carbons (Fsp3) is 0.417. The van der Waals surface area contributed by atoms with Crippen LogP contribution in [0.1, 0.15) is 36.0 Å². The summed E-state index contributed by atoms with van der Waals surface area (Å²) in [5.74, 6) is -0.182. The van der Waals surface area contributed by atoms with Gasteiger partial charge in [-0.1, -0.05) is 43.2 Å². The highest BCUT2D eigenvalue weighted by molar-refractivity contribution is 6.04. The van der Waals surface area contributed by atoms with Crippen LogP contribution in [0.5, 0.6) is 0 Å². The van der Waals surface area contributed by atoms with E-state index in [-0.39, 0.29) is 17.9 Å². The quantitative estimate of drug-likeness (QED) is 0.774. The Kier molecular flexibility index (Phi) is 6.64. The molecule has 1 aliphatic carbocycles. The van der Waals surface area contributed by atoms with E-state index < -0.39 is 0 Å². The molecular formula is C24H30N4O2. The molecule has 2 N–H and O–H groups in total. The largest absolute Gasteiger partial charge is 0.369 e. The highest BCUT2D eigenvalue weighted by Crippen LogP contribution is 2.21. The Bertz CT molecular complexity index is 857. The molecule has 4 rings (SSSR count). The Morgan fingerprint density at radius 1 is 0.867 bits per heavy atom. The van der Waals surface area contributed by atoms with Gasteiger partial charge in [-0.3, -0.25) is 14.5 Å². The van der Waals surface area contributed by atoms with Crippen LogP contribution < -0.4 is 15.5 Å². The summed E-state index contributed by atoms with van der Waals surface area (Å²) >= 11 is 0. The zero-order valence-electron chi connectivity index (χ0n) is 17.3. The molecule has 30 heavy (non-hydrogen) atoms. The minimum Gasteiger partial charge on any atom is -0.369 e. The van der Waals surface area contributed by atoms with Gasteiger partial charge < -0.3 is 15.5 Å². The molecule has 1 aliphatic heterocycles. The van der Waals surface area contributed by atoms with Crippen molar-refractivity contribution in [2.45, 2.75) is 31.7 Å². The maximum atomic E-state index is 12.7. The molecule has 1 saturated heterocycles. The minimum atomic E-state index is -0.103. The SMILES string of the molecule is O=C(CN1CCN(c2ccccc2)CC1)Nc1ccccc1C(=O)NC1CCCC1. The molecule has 1 saturated carbocycles. The first-order chi connectivity index (χ1) is 14.7. The van der Waals surface area contributed by atoms with Crippen LogP contribution >= 0.6 is 0 Å². The van der Waals surface area contributed by atoms with E-state index in [2.05, 4.69) is 44.7 Å². The van der Waals surface area contributed by atoms with Crippen molar-refractivity contribution in [3.8, 4) is 0 Å². The van der Waals surface area contributed by atoms with Crippen molar-refractivity contribution in [2.75, 3.05) is 42.9 Å². The van der Waals surface area contributed by atoms with Gasteiger partial charge in [-0.05, 0) is 37.1 Å². The fourth-order valence-electron chi connectivity index (χ4n) is 4.32. The number of carbonyl (C=O) groups excluding carboxylic acids is 2. The van der Waals surface area contributed by atoms with Gasteiger partial charge in [-0.2, -0.15) is 0 Å². The van der Waals surface area contributed by atoms with Gasteiger partial charge >= 0.3 is 0 Å². The van der Waals surface area contributed by atoms with Crippen LogP contribution in [0.2, 0.25) is 0 Å². The molecule has 0 radical (unpaired) electrons. The predicted octanol–water partition coefficient (Wildman–Crippen LogP) is 3.12. The second kappa shape index (κ2) is 9.76. The first-order valence-corrected chi connectivity index (χ1v) is 10.9. The van der Waals surface area contributed by atoms with Gasteiger partial charge in [-0.15, -0.1) is 0 Å². The van der Waals surface area contributed by atoms with Crippen molar-refractivity contribution in [3.05, 3.63) is 60.2 Å². The number of nitrogens with one attached hydrogen (secondary N) is 2. The van der Waals surface area contributed by atoms with Crippen molar-refractivity contribution in [1.82, 2.24) is 10.2 Å². The van der Waals surface area contributed by atoms with E-state index in [0.29, 0.717) is 17.8 Å². The summed E-state index contributed by atoms with van der Waals surface area (Å²) in [6.45, 7) is 3.81. The van der Waals surface area contributed by atoms with Crippen molar-refractivity contribution in [1.29, 1.82) is 0 Å². The third-order valence-electron chi connectivity index (χ3n) is 6.00. The molecule has 158 valence electrons. The molecule has 0 bridgehead atoms. The van der Waals surface area contributed by atoms with E-state index in [9.17, 15) is 9.59 Å². The summed E-state index contributed by atoms with van der Waals surface area (Å²) in [4.78, 5) is 29.8. The van der Waals surface area contributed by atoms with E-state index in [0.717, 1.165) is 39.0 Å². The first-order valence-electron chi connectivity index (χ1n) is 10.9. The predicted molar refractivity (Wildman–Crippen MR) is 120 cm³/mol. The lowest BCUT2D eigenvalue weighted by Crippen LogP contribution is -2.48. The number of para-hydroxylation sites is 2. The minimum absolute atomic E-state index is 0.0794. The van der Waals surface area contributed by atoms with Crippen molar-refractivity contribution in [3.63, 3.8) is 0 Å². The van der Waals surface area contributed by atoms with E-state index in [1.165, 1.54) is 18.5 Å². The molecule has 2 amide bonds. The summed E-state index contributed by atoms with van der Waals surface area (Å²) in [6.07, 6.45) is 4.41. The molecule has 6 nitrogen and oxygen atoms in total. The van der Waals surface area contributed by atoms with Gasteiger partial charge in [0.2, 0.25) is 5.91 Å². The normalized spacial score (nSPS) is 17.7. The van der Waals surface area contributed by atoms with E-state index in [1.54, 1.807) is 12.1 Å². The van der Waals surface area contributed by atoms with Crippen LogP contribution in [0.4, 0.5) is 11.4 Å². The topological polar surface area (TPSA) is 64.7 Å². The Labute approximate surface area is 178 Å². The average Bonchev–Trinajstić information content (AvgIpc) is 3.28. The van der Waals surface area contributed by atoms with Crippen LogP contribution in [-0.2, 0) is 4.79 Å².